The number of anilines is 1. The first-order valence-electron chi connectivity index (χ1n) is 32.9. The molecule has 13 aromatic rings. The summed E-state index contributed by atoms with van der Waals surface area (Å²) in [5.74, 6) is -0.206. The van der Waals surface area contributed by atoms with E-state index in [-0.39, 0.29) is 91.7 Å². The van der Waals surface area contributed by atoms with Gasteiger partial charge in [-0.25, -0.2) is 28.7 Å². The van der Waals surface area contributed by atoms with Gasteiger partial charge in [-0.05, 0) is 170 Å². The largest absolute Gasteiger partial charge is 1.00 e. The summed E-state index contributed by atoms with van der Waals surface area (Å²) >= 11 is 54.5. The Kier molecular flexibility index (Phi) is 44.1. The smallest absolute Gasteiger partial charge is 0.870 e. The van der Waals surface area contributed by atoms with Gasteiger partial charge < -0.3 is 50.4 Å². The molecule has 112 heavy (non-hydrogen) atoms. The van der Waals surface area contributed by atoms with Crippen LogP contribution in [0.3, 0.4) is 0 Å². The SMILES string of the molecule is C.C1CCOC1.CN1CCN(c2nc3cc(Cl)ccc3c3cccnc23)CC1.CN1CCNCC1.CO.Clc1ccc2c(c1)nc(Cl)c1ncccc12.N#Cc1ncccc1-c1ccc(Cl)cc1F.N#Cc1ncccc1Cl.O=P(Cl)(Cl)Cl.O=c1[nH]c2cc(Cl)ccc2c2cccnc12.OB(O)c1ccc(Cl)cc1F.[K+].[OH-]. The van der Waals surface area contributed by atoms with Crippen LogP contribution < -0.4 is 72.6 Å². The number of nitrogens with zero attached hydrogens (tertiary/aromatic N) is 12. The van der Waals surface area contributed by atoms with E-state index < -0.39 is 24.0 Å². The Labute approximate surface area is 738 Å². The van der Waals surface area contributed by atoms with E-state index in [1.165, 1.54) is 62.6 Å². The summed E-state index contributed by atoms with van der Waals surface area (Å²) in [6.07, 6.45) is 10.7. The minimum atomic E-state index is -3.22. The Morgan fingerprint density at radius 1 is 0.527 bits per heavy atom. The Bertz CT molecular complexity index is 5390. The predicted molar refractivity (Wildman–Crippen MR) is 451 cm³/mol. The van der Waals surface area contributed by atoms with Gasteiger partial charge in [-0.15, -0.1) is 0 Å². The van der Waals surface area contributed by atoms with Crippen molar-refractivity contribution in [3.8, 4) is 23.3 Å². The molecule has 0 unspecified atom stereocenters. The minimum Gasteiger partial charge on any atom is -0.870 e. The van der Waals surface area contributed by atoms with Crippen molar-refractivity contribution in [2.24, 2.45) is 0 Å². The summed E-state index contributed by atoms with van der Waals surface area (Å²) in [5.41, 5.74) is 5.52. The first-order valence-corrected chi connectivity index (χ1v) is 39.9. The minimum absolute atomic E-state index is 0. The van der Waals surface area contributed by atoms with E-state index in [2.05, 4.69) is 109 Å². The number of hydrogen-bond acceptors (Lipinski definition) is 20. The zero-order chi connectivity index (χ0) is 79.2. The van der Waals surface area contributed by atoms with Crippen molar-refractivity contribution in [3.63, 3.8) is 0 Å². The van der Waals surface area contributed by atoms with Gasteiger partial charge in [-0.3, -0.25) is 24.3 Å². The van der Waals surface area contributed by atoms with E-state index >= 15 is 0 Å². The van der Waals surface area contributed by atoms with Crippen LogP contribution in [0.1, 0.15) is 31.7 Å². The number of piperazine rings is 2. The summed E-state index contributed by atoms with van der Waals surface area (Å²) in [5, 5.41) is 50.7. The van der Waals surface area contributed by atoms with Crippen molar-refractivity contribution in [3.05, 3.63) is 251 Å². The first-order chi connectivity index (χ1) is 52.3. The first kappa shape index (κ1) is 98.2. The Morgan fingerprint density at radius 2 is 0.964 bits per heavy atom. The third-order valence-electron chi connectivity index (χ3n) is 15.7. The molecule has 0 bridgehead atoms. The van der Waals surface area contributed by atoms with Gasteiger partial charge in [0.05, 0.1) is 21.6 Å². The summed E-state index contributed by atoms with van der Waals surface area (Å²) in [6.45, 7) is 10.8. The molecule has 3 aliphatic heterocycles. The standard InChI is InChI=1S/C17H17ClN4.C12H6Cl2N2.C12H6ClFN2.C12H7ClN2O.C6H5BClFO2.C6H3ClN2.C5H12N2.C4H8O.CH4O.CH4.Cl3OP.K.H2O/c1-21-7-9-22(10-8-21)17-16-14(3-2-6-19-16)13-5-4-12(18)11-15(13)20-17;13-7-3-4-8-9-2-1-5-15-11(9)12(14)16-10(8)6-7;13-8-3-4-9(11(14)6-8)10-2-1-5-16-12(10)7-15;13-7-3-4-8-9-2-1-5-14-11(9)12(16)15-10(8)6-7;8-4-1-2-5(7(10)11)6(9)3-4;7-5-2-1-3-9-6(5)4-8;1-7-4-2-6-3-5-7;1-2-4-5-3-1;1-2;;1-5(2,3)4;;/h2-6,11H,7-10H2,1H3;2*1-6H;1-6H,(H,15,16);1-3,10-11H;1-3H;6H,2-5H2,1H3;1-4H2;2H,1H3;1H4;;;1H2/q;;;;;;;;;;;+1;/p-1. The molecular formula is C76H73BCl10F2KN14O7P. The fraction of sp³-hybridized carbons (Fsp3) is 0.211. The maximum atomic E-state index is 13.6. The van der Waals surface area contributed by atoms with E-state index in [1.54, 1.807) is 60.9 Å². The molecule has 21 nitrogen and oxygen atoms in total. The van der Waals surface area contributed by atoms with Crippen LogP contribution in [0.4, 0.5) is 14.6 Å². The van der Waals surface area contributed by atoms with Crippen LogP contribution in [0.25, 0.3) is 76.5 Å². The summed E-state index contributed by atoms with van der Waals surface area (Å²) in [4.78, 5) is 51.1. The van der Waals surface area contributed by atoms with Crippen LogP contribution in [-0.4, -0.2) is 164 Å². The van der Waals surface area contributed by atoms with Gasteiger partial charge in [-0.1, -0.05) is 131 Å². The van der Waals surface area contributed by atoms with Gasteiger partial charge in [0, 0.05) is 178 Å². The van der Waals surface area contributed by atoms with Crippen molar-refractivity contribution in [2.75, 3.05) is 91.7 Å². The number of aliphatic hydroxyl groups excluding tert-OH is 1. The number of hydrogen-bond donors (Lipinski definition) is 5. The van der Waals surface area contributed by atoms with Crippen LogP contribution in [0, 0.1) is 34.3 Å². The molecule has 3 saturated heterocycles. The molecule has 16 rings (SSSR count). The molecule has 8 aromatic heterocycles. The van der Waals surface area contributed by atoms with Gasteiger partial charge in [0.25, 0.3) is 5.56 Å². The monoisotopic (exact) mass is 1760 g/mol. The third kappa shape index (κ3) is 30.8. The summed E-state index contributed by atoms with van der Waals surface area (Å²) < 4.78 is 40.8. The van der Waals surface area contributed by atoms with Crippen molar-refractivity contribution < 1.29 is 90.1 Å². The van der Waals surface area contributed by atoms with Gasteiger partial charge in [0.1, 0.15) is 46.0 Å². The van der Waals surface area contributed by atoms with Gasteiger partial charge in [-0.2, -0.15) is 10.5 Å². The van der Waals surface area contributed by atoms with Crippen LogP contribution in [0.5, 0.6) is 0 Å². The molecule has 11 heterocycles. The number of pyridine rings is 8. The molecule has 0 atom stereocenters. The number of likely N-dealkylation sites (N-methyl/N-ethyl adjacent to an activating group) is 2. The number of nitriles is 2. The number of fused-ring (bicyclic) bond motifs is 9. The van der Waals surface area contributed by atoms with Crippen LogP contribution >= 0.6 is 120 Å². The number of aromatic nitrogens is 8. The Balaban J connectivity index is 0.000000273. The fourth-order valence-electron chi connectivity index (χ4n) is 10.5. The van der Waals surface area contributed by atoms with Crippen LogP contribution in [0.15, 0.2) is 187 Å². The number of benzene rings is 5. The molecule has 0 radical (unpaired) electrons. The molecule has 3 fully saturated rings. The number of aromatic amines is 1. The molecule has 36 heteroatoms. The molecule has 582 valence electrons. The molecular weight excluding hydrogens is 1690 g/mol. The second-order valence-corrected chi connectivity index (χ2v) is 32.8. The van der Waals surface area contributed by atoms with Gasteiger partial charge in [0.15, 0.2) is 16.7 Å². The molecule has 3 aliphatic rings. The molecule has 5 aromatic carbocycles. The van der Waals surface area contributed by atoms with Crippen molar-refractivity contribution >= 4 is 204 Å². The second kappa shape index (κ2) is 50.3. The Morgan fingerprint density at radius 3 is 1.46 bits per heavy atom. The van der Waals surface area contributed by atoms with Crippen molar-refractivity contribution in [2.45, 2.75) is 20.3 Å². The maximum Gasteiger partial charge on any atom is 1.00 e. The van der Waals surface area contributed by atoms with Gasteiger partial charge in [0.2, 0.25) is 0 Å². The van der Waals surface area contributed by atoms with Gasteiger partial charge >= 0.3 is 63.7 Å². The normalized spacial score (nSPS) is 12.7. The maximum absolute atomic E-state index is 13.6. The fourth-order valence-corrected chi connectivity index (χ4v) is 11.8. The number of H-pyrrole nitrogens is 1. The van der Waals surface area contributed by atoms with Crippen molar-refractivity contribution in [1.82, 2.24) is 55.0 Å². The van der Waals surface area contributed by atoms with E-state index in [0.717, 1.165) is 131 Å². The van der Waals surface area contributed by atoms with E-state index in [4.69, 9.17) is 117 Å². The zero-order valence-electron chi connectivity index (χ0n) is 59.7. The number of ether oxygens (including phenoxy) is 1. The topological polar surface area (TPSA) is 309 Å². The van der Waals surface area contributed by atoms with Crippen LogP contribution in [-0.2, 0) is 9.30 Å². The number of rotatable bonds is 3. The quantitative estimate of drug-likeness (QED) is 0.0475. The van der Waals surface area contributed by atoms with Crippen LogP contribution in [0.2, 0.25) is 35.3 Å². The number of halogens is 12. The summed E-state index contributed by atoms with van der Waals surface area (Å²) in [6, 6.07) is 46.9. The van der Waals surface area contributed by atoms with E-state index in [0.29, 0.717) is 46.9 Å². The second-order valence-electron chi connectivity index (χ2n) is 23.2. The number of aliphatic hydroxyl groups is 1. The van der Waals surface area contributed by atoms with E-state index in [1.807, 2.05) is 85.1 Å². The Hall–Kier alpha value is -6.19. The predicted octanol–water partition coefficient (Wildman–Crippen LogP) is 15.4. The molecule has 6 N–H and O–H groups in total. The molecule has 0 aliphatic carbocycles. The molecule has 0 spiro atoms. The summed E-state index contributed by atoms with van der Waals surface area (Å²) in [7, 11) is 3.52. The van der Waals surface area contributed by atoms with E-state index in [9.17, 15) is 18.1 Å². The zero-order valence-corrected chi connectivity index (χ0v) is 71.3. The molecule has 0 saturated carbocycles. The number of nitrogens with one attached hydrogen (secondary N) is 2. The third-order valence-corrected chi connectivity index (χ3v) is 17.5. The van der Waals surface area contributed by atoms with Crippen molar-refractivity contribution in [1.29, 1.82) is 10.5 Å². The molecule has 0 amide bonds. The average Bonchev–Trinajstić information content (AvgIpc) is 1.07. The average molecular weight is 1770 g/mol.